The predicted molar refractivity (Wildman–Crippen MR) is 112 cm³/mol. The van der Waals surface area contributed by atoms with Crippen LogP contribution < -0.4 is 14.8 Å². The maximum absolute atomic E-state index is 13.8. The van der Waals surface area contributed by atoms with Crippen LogP contribution in [0.4, 0.5) is 4.39 Å². The van der Waals surface area contributed by atoms with Gasteiger partial charge in [-0.2, -0.15) is 0 Å². The second kappa shape index (κ2) is 12.0. The monoisotopic (exact) mass is 437 g/mol. The van der Waals surface area contributed by atoms with Gasteiger partial charge in [-0.1, -0.05) is 60.3 Å². The molecule has 0 saturated heterocycles. The van der Waals surface area contributed by atoms with Crippen molar-refractivity contribution in [3.05, 3.63) is 57.8 Å². The highest BCUT2D eigenvalue weighted by atomic mass is 79.9. The quantitative estimate of drug-likeness (QED) is 0.398. The number of hydrogen-bond donors (Lipinski definition) is 1. The predicted octanol–water partition coefficient (Wildman–Crippen LogP) is 6.24. The van der Waals surface area contributed by atoms with Crippen LogP contribution in [-0.4, -0.2) is 13.2 Å². The van der Waals surface area contributed by atoms with Gasteiger partial charge in [-0.3, -0.25) is 0 Å². The van der Waals surface area contributed by atoms with Crippen molar-refractivity contribution in [2.24, 2.45) is 0 Å². The molecule has 0 unspecified atom stereocenters. The van der Waals surface area contributed by atoms with Gasteiger partial charge in [-0.25, -0.2) is 4.39 Å². The summed E-state index contributed by atoms with van der Waals surface area (Å²) in [4.78, 5) is 0. The molecule has 3 nitrogen and oxygen atoms in total. The fraction of sp³-hybridized carbons (Fsp3) is 0.455. The molecule has 0 aliphatic carbocycles. The summed E-state index contributed by atoms with van der Waals surface area (Å²) in [6, 6.07) is 10.5. The first kappa shape index (κ1) is 21.7. The van der Waals surface area contributed by atoms with Gasteiger partial charge in [-0.05, 0) is 43.7 Å². The minimum Gasteiger partial charge on any atom is -0.490 e. The lowest BCUT2D eigenvalue weighted by Gasteiger charge is -2.16. The van der Waals surface area contributed by atoms with E-state index in [0.717, 1.165) is 23.1 Å². The van der Waals surface area contributed by atoms with Crippen molar-refractivity contribution in [3.8, 4) is 11.5 Å². The molecule has 2 rings (SSSR count). The lowest BCUT2D eigenvalue weighted by atomic mass is 10.1. The van der Waals surface area contributed by atoms with E-state index in [2.05, 4.69) is 28.2 Å². The maximum Gasteiger partial charge on any atom is 0.162 e. The molecule has 2 aromatic carbocycles. The van der Waals surface area contributed by atoms with Crippen LogP contribution in [0, 0.1) is 5.82 Å². The summed E-state index contributed by atoms with van der Waals surface area (Å²) >= 11 is 3.62. The summed E-state index contributed by atoms with van der Waals surface area (Å²) < 4.78 is 26.4. The van der Waals surface area contributed by atoms with Crippen LogP contribution in [-0.2, 0) is 13.2 Å². The molecule has 0 atom stereocenters. The summed E-state index contributed by atoms with van der Waals surface area (Å²) in [5.74, 6) is 1.02. The van der Waals surface area contributed by atoms with Gasteiger partial charge in [0.2, 0.25) is 0 Å². The third kappa shape index (κ3) is 7.15. The third-order valence-electron chi connectivity index (χ3n) is 4.28. The summed E-state index contributed by atoms with van der Waals surface area (Å²) in [5, 5.41) is 3.48. The molecule has 0 spiro atoms. The van der Waals surface area contributed by atoms with E-state index in [1.54, 1.807) is 18.2 Å². The minimum absolute atomic E-state index is 0.161. The Kier molecular flexibility index (Phi) is 9.64. The molecule has 0 aliphatic rings. The number of ether oxygens (including phenoxy) is 2. The number of unbranched alkanes of at least 4 members (excludes halogenated alkanes) is 3. The molecule has 5 heteroatoms. The number of hydrogen-bond acceptors (Lipinski definition) is 3. The van der Waals surface area contributed by atoms with Crippen LogP contribution in [0.25, 0.3) is 0 Å². The van der Waals surface area contributed by atoms with E-state index >= 15 is 0 Å². The summed E-state index contributed by atoms with van der Waals surface area (Å²) in [5.41, 5.74) is 1.64. The standard InChI is InChI=1S/C22H29BrFNO2/c1-3-5-6-9-12-25-15-18-13-21(26-4-2)22(14-19(18)23)27-16-17-10-7-8-11-20(17)24/h7-8,10-11,13-14,25H,3-6,9,12,15-16H2,1-2H3. The Morgan fingerprint density at radius 3 is 2.48 bits per heavy atom. The largest absolute Gasteiger partial charge is 0.490 e. The zero-order chi connectivity index (χ0) is 19.5. The lowest BCUT2D eigenvalue weighted by molar-refractivity contribution is 0.265. The highest BCUT2D eigenvalue weighted by Gasteiger charge is 2.12. The number of nitrogens with one attached hydrogen (secondary N) is 1. The van der Waals surface area contributed by atoms with Crippen LogP contribution in [0.2, 0.25) is 0 Å². The van der Waals surface area contributed by atoms with Gasteiger partial charge >= 0.3 is 0 Å². The van der Waals surface area contributed by atoms with E-state index < -0.39 is 0 Å². The molecule has 0 fully saturated rings. The lowest BCUT2D eigenvalue weighted by Crippen LogP contribution is -2.15. The summed E-state index contributed by atoms with van der Waals surface area (Å²) in [6.07, 6.45) is 4.98. The second-order valence-electron chi connectivity index (χ2n) is 6.44. The van der Waals surface area contributed by atoms with Crippen molar-refractivity contribution < 1.29 is 13.9 Å². The van der Waals surface area contributed by atoms with Gasteiger partial charge in [0, 0.05) is 16.6 Å². The normalized spacial score (nSPS) is 10.8. The Morgan fingerprint density at radius 1 is 0.963 bits per heavy atom. The SMILES string of the molecule is CCCCCCNCc1cc(OCC)c(OCc2ccccc2F)cc1Br. The second-order valence-corrected chi connectivity index (χ2v) is 7.30. The highest BCUT2D eigenvalue weighted by molar-refractivity contribution is 9.10. The molecule has 27 heavy (non-hydrogen) atoms. The maximum atomic E-state index is 13.8. The molecular formula is C22H29BrFNO2. The van der Waals surface area contributed by atoms with Gasteiger partial charge in [0.15, 0.2) is 11.5 Å². The van der Waals surface area contributed by atoms with E-state index in [-0.39, 0.29) is 12.4 Å². The van der Waals surface area contributed by atoms with Crippen LogP contribution in [0.15, 0.2) is 40.9 Å². The van der Waals surface area contributed by atoms with Crippen molar-refractivity contribution >= 4 is 15.9 Å². The molecule has 0 bridgehead atoms. The Balaban J connectivity index is 2.00. The van der Waals surface area contributed by atoms with Gasteiger partial charge in [0.25, 0.3) is 0 Å². The Hall–Kier alpha value is -1.59. The molecule has 1 N–H and O–H groups in total. The zero-order valence-electron chi connectivity index (χ0n) is 16.2. The average Bonchev–Trinajstić information content (AvgIpc) is 2.66. The van der Waals surface area contributed by atoms with Crippen molar-refractivity contribution in [1.82, 2.24) is 5.32 Å². The smallest absolute Gasteiger partial charge is 0.162 e. The first-order chi connectivity index (χ1) is 13.2. The molecular weight excluding hydrogens is 409 g/mol. The number of benzene rings is 2. The molecule has 0 aromatic heterocycles. The molecule has 0 aliphatic heterocycles. The molecule has 0 amide bonds. The van der Waals surface area contributed by atoms with Gasteiger partial charge in [0.1, 0.15) is 12.4 Å². The van der Waals surface area contributed by atoms with E-state index in [4.69, 9.17) is 9.47 Å². The first-order valence-electron chi connectivity index (χ1n) is 9.67. The Morgan fingerprint density at radius 2 is 1.74 bits per heavy atom. The van der Waals surface area contributed by atoms with E-state index in [9.17, 15) is 4.39 Å². The van der Waals surface area contributed by atoms with Crippen LogP contribution in [0.3, 0.4) is 0 Å². The molecule has 2 aromatic rings. The molecule has 148 valence electrons. The van der Waals surface area contributed by atoms with Gasteiger partial charge < -0.3 is 14.8 Å². The van der Waals surface area contributed by atoms with Gasteiger partial charge in [-0.15, -0.1) is 0 Å². The van der Waals surface area contributed by atoms with Crippen molar-refractivity contribution in [1.29, 1.82) is 0 Å². The van der Waals surface area contributed by atoms with Crippen molar-refractivity contribution in [2.75, 3.05) is 13.2 Å². The topological polar surface area (TPSA) is 30.5 Å². The number of rotatable bonds is 12. The minimum atomic E-state index is -0.265. The van der Waals surface area contributed by atoms with E-state index in [1.807, 2.05) is 19.1 Å². The number of halogens is 2. The Labute approximate surface area is 170 Å². The van der Waals surface area contributed by atoms with Crippen LogP contribution >= 0.6 is 15.9 Å². The molecule has 0 radical (unpaired) electrons. The summed E-state index contributed by atoms with van der Waals surface area (Å²) in [7, 11) is 0. The molecule has 0 heterocycles. The van der Waals surface area contributed by atoms with Crippen LogP contribution in [0.1, 0.15) is 50.7 Å². The van der Waals surface area contributed by atoms with Crippen molar-refractivity contribution in [2.45, 2.75) is 52.7 Å². The highest BCUT2D eigenvalue weighted by Crippen LogP contribution is 2.34. The van der Waals surface area contributed by atoms with E-state index in [0.29, 0.717) is 23.7 Å². The zero-order valence-corrected chi connectivity index (χ0v) is 17.8. The Bertz CT molecular complexity index is 709. The molecule has 0 saturated carbocycles. The van der Waals surface area contributed by atoms with Crippen molar-refractivity contribution in [3.63, 3.8) is 0 Å². The fourth-order valence-corrected chi connectivity index (χ4v) is 3.23. The van der Waals surface area contributed by atoms with E-state index in [1.165, 1.54) is 31.7 Å². The fourth-order valence-electron chi connectivity index (χ4n) is 2.76. The summed E-state index contributed by atoms with van der Waals surface area (Å²) in [6.45, 7) is 6.63. The first-order valence-corrected chi connectivity index (χ1v) is 10.5. The van der Waals surface area contributed by atoms with Crippen LogP contribution in [0.5, 0.6) is 11.5 Å². The third-order valence-corrected chi connectivity index (χ3v) is 5.01. The average molecular weight is 438 g/mol. The van der Waals surface area contributed by atoms with Gasteiger partial charge in [0.05, 0.1) is 6.61 Å².